The quantitative estimate of drug-likeness (QED) is 0.598. The fourth-order valence-corrected chi connectivity index (χ4v) is 3.48. The van der Waals surface area contributed by atoms with Crippen LogP contribution in [0.25, 0.3) is 0 Å². The first kappa shape index (κ1) is 17.9. The van der Waals surface area contributed by atoms with Crippen molar-refractivity contribution in [3.8, 4) is 0 Å². The maximum absolute atomic E-state index is 12.5. The van der Waals surface area contributed by atoms with Gasteiger partial charge >= 0.3 is 11.9 Å². The van der Waals surface area contributed by atoms with Crippen LogP contribution in [0.3, 0.4) is 0 Å². The standard InChI is InChI=1S/C20H21NO5/c1-4-8-15(21-13-9-6-5-7-10-13)20-12-11-14(26-20)16(18(22)24-2)17(20)19(23)25-3/h4-7,9-12,14-15,21H,1,8H2,2-3H3. The normalized spacial score (nSPS) is 24.3. The number of methoxy groups -OCH3 is 2. The molecule has 3 unspecified atom stereocenters. The molecule has 1 aromatic rings. The molecule has 0 aromatic heterocycles. The van der Waals surface area contributed by atoms with Crippen LogP contribution >= 0.6 is 0 Å². The van der Waals surface area contributed by atoms with Crippen molar-refractivity contribution in [2.24, 2.45) is 0 Å². The summed E-state index contributed by atoms with van der Waals surface area (Å²) in [5, 5.41) is 3.39. The van der Waals surface area contributed by atoms with Gasteiger partial charge in [0.25, 0.3) is 0 Å². The van der Waals surface area contributed by atoms with Crippen LogP contribution in [-0.4, -0.2) is 43.9 Å². The van der Waals surface area contributed by atoms with E-state index in [0.29, 0.717) is 6.42 Å². The number of hydrogen-bond acceptors (Lipinski definition) is 6. The van der Waals surface area contributed by atoms with Gasteiger partial charge in [-0.15, -0.1) is 6.58 Å². The second-order valence-corrected chi connectivity index (χ2v) is 6.05. The van der Waals surface area contributed by atoms with Crippen molar-refractivity contribution in [3.05, 3.63) is 66.3 Å². The van der Waals surface area contributed by atoms with E-state index in [1.54, 1.807) is 18.2 Å². The van der Waals surface area contributed by atoms with Crippen LogP contribution in [0.5, 0.6) is 0 Å². The number of benzene rings is 1. The molecule has 0 saturated carbocycles. The Morgan fingerprint density at radius 3 is 2.58 bits per heavy atom. The van der Waals surface area contributed by atoms with Gasteiger partial charge in [0.15, 0.2) is 0 Å². The lowest BCUT2D eigenvalue weighted by atomic mass is 9.80. The number of ether oxygens (including phenoxy) is 3. The van der Waals surface area contributed by atoms with E-state index in [-0.39, 0.29) is 17.2 Å². The molecular formula is C20H21NO5. The van der Waals surface area contributed by atoms with Crippen LogP contribution in [0.1, 0.15) is 6.42 Å². The van der Waals surface area contributed by atoms with E-state index in [1.165, 1.54) is 14.2 Å². The highest BCUT2D eigenvalue weighted by Crippen LogP contribution is 2.47. The van der Waals surface area contributed by atoms with Crippen molar-refractivity contribution < 1.29 is 23.8 Å². The zero-order valence-corrected chi connectivity index (χ0v) is 14.7. The van der Waals surface area contributed by atoms with Gasteiger partial charge in [-0.3, -0.25) is 0 Å². The minimum atomic E-state index is -1.13. The van der Waals surface area contributed by atoms with Crippen LogP contribution in [0.15, 0.2) is 66.3 Å². The molecule has 6 nitrogen and oxygen atoms in total. The number of carbonyl (C=O) groups is 2. The van der Waals surface area contributed by atoms with E-state index in [0.717, 1.165) is 5.69 Å². The smallest absolute Gasteiger partial charge is 0.337 e. The zero-order valence-electron chi connectivity index (χ0n) is 14.7. The average Bonchev–Trinajstić information content (AvgIpc) is 3.25. The van der Waals surface area contributed by atoms with Crippen LogP contribution in [0.2, 0.25) is 0 Å². The monoisotopic (exact) mass is 355 g/mol. The van der Waals surface area contributed by atoms with Crippen LogP contribution in [0, 0.1) is 0 Å². The maximum atomic E-state index is 12.5. The number of rotatable bonds is 7. The summed E-state index contributed by atoms with van der Waals surface area (Å²) < 4.78 is 15.9. The topological polar surface area (TPSA) is 73.9 Å². The Kier molecular flexibility index (Phi) is 4.95. The molecule has 2 heterocycles. The van der Waals surface area contributed by atoms with Crippen molar-refractivity contribution in [3.63, 3.8) is 0 Å². The van der Waals surface area contributed by atoms with E-state index in [9.17, 15) is 9.59 Å². The number of fused-ring (bicyclic) bond motifs is 2. The molecule has 6 heteroatoms. The minimum Gasteiger partial charge on any atom is -0.466 e. The second kappa shape index (κ2) is 7.17. The molecule has 2 aliphatic heterocycles. The lowest BCUT2D eigenvalue weighted by Crippen LogP contribution is -2.48. The molecule has 2 aliphatic rings. The lowest BCUT2D eigenvalue weighted by Gasteiger charge is -2.35. The Morgan fingerprint density at radius 1 is 1.27 bits per heavy atom. The number of para-hydroxylation sites is 1. The molecule has 0 fully saturated rings. The molecule has 0 radical (unpaired) electrons. The van der Waals surface area contributed by atoms with Crippen molar-refractivity contribution in [1.82, 2.24) is 0 Å². The molecule has 3 rings (SSSR count). The number of hydrogen-bond donors (Lipinski definition) is 1. The van der Waals surface area contributed by atoms with E-state index in [4.69, 9.17) is 14.2 Å². The highest BCUT2D eigenvalue weighted by atomic mass is 16.6. The van der Waals surface area contributed by atoms with Gasteiger partial charge < -0.3 is 19.5 Å². The Morgan fingerprint density at radius 2 is 1.96 bits per heavy atom. The second-order valence-electron chi connectivity index (χ2n) is 6.05. The predicted molar refractivity (Wildman–Crippen MR) is 96.5 cm³/mol. The number of anilines is 1. The fraction of sp³-hybridized carbons (Fsp3) is 0.300. The van der Waals surface area contributed by atoms with Crippen LogP contribution in [0.4, 0.5) is 5.69 Å². The first-order valence-corrected chi connectivity index (χ1v) is 8.28. The Labute approximate surface area is 152 Å². The molecular weight excluding hydrogens is 334 g/mol. The van der Waals surface area contributed by atoms with Crippen molar-refractivity contribution in [2.75, 3.05) is 19.5 Å². The van der Waals surface area contributed by atoms with E-state index in [1.807, 2.05) is 30.3 Å². The first-order valence-electron chi connectivity index (χ1n) is 8.28. The number of nitrogens with one attached hydrogen (secondary N) is 1. The molecule has 0 saturated heterocycles. The Bertz CT molecular complexity index is 783. The van der Waals surface area contributed by atoms with Gasteiger partial charge in [0, 0.05) is 5.69 Å². The number of carbonyl (C=O) groups excluding carboxylic acids is 2. The third kappa shape index (κ3) is 2.82. The third-order valence-corrected chi connectivity index (χ3v) is 4.61. The SMILES string of the molecule is C=CCC(Nc1ccccc1)C12C=CC(O1)C(C(=O)OC)=C2C(=O)OC. The fourth-order valence-electron chi connectivity index (χ4n) is 3.48. The van der Waals surface area contributed by atoms with Crippen molar-refractivity contribution in [2.45, 2.75) is 24.2 Å². The van der Waals surface area contributed by atoms with Crippen LogP contribution in [-0.2, 0) is 23.8 Å². The van der Waals surface area contributed by atoms with Crippen LogP contribution < -0.4 is 5.32 Å². The number of esters is 2. The molecule has 3 atom stereocenters. The van der Waals surface area contributed by atoms with Gasteiger partial charge in [-0.25, -0.2) is 9.59 Å². The summed E-state index contributed by atoms with van der Waals surface area (Å²) >= 11 is 0. The average molecular weight is 355 g/mol. The summed E-state index contributed by atoms with van der Waals surface area (Å²) in [4.78, 5) is 24.8. The Balaban J connectivity index is 2.07. The van der Waals surface area contributed by atoms with E-state index in [2.05, 4.69) is 11.9 Å². The summed E-state index contributed by atoms with van der Waals surface area (Å²) in [5.41, 5.74) is 0.0935. The lowest BCUT2D eigenvalue weighted by molar-refractivity contribution is -0.139. The van der Waals surface area contributed by atoms with Gasteiger partial charge in [-0.1, -0.05) is 30.4 Å². The summed E-state index contributed by atoms with van der Waals surface area (Å²) in [6, 6.07) is 9.20. The van der Waals surface area contributed by atoms with Gasteiger partial charge in [0.05, 0.1) is 31.4 Å². The molecule has 0 aliphatic carbocycles. The highest BCUT2D eigenvalue weighted by molar-refractivity contribution is 6.05. The third-order valence-electron chi connectivity index (χ3n) is 4.61. The van der Waals surface area contributed by atoms with Crippen molar-refractivity contribution >= 4 is 17.6 Å². The zero-order chi connectivity index (χ0) is 18.7. The minimum absolute atomic E-state index is 0.176. The van der Waals surface area contributed by atoms with Gasteiger partial charge in [-0.05, 0) is 24.6 Å². The first-order chi connectivity index (χ1) is 12.6. The summed E-state index contributed by atoms with van der Waals surface area (Å²) in [6.07, 6.45) is 5.18. The van der Waals surface area contributed by atoms with Gasteiger partial charge in [-0.2, -0.15) is 0 Å². The molecule has 1 aromatic carbocycles. The highest BCUT2D eigenvalue weighted by Gasteiger charge is 2.58. The molecule has 1 N–H and O–H groups in total. The van der Waals surface area contributed by atoms with E-state index < -0.39 is 23.6 Å². The molecule has 26 heavy (non-hydrogen) atoms. The van der Waals surface area contributed by atoms with E-state index >= 15 is 0 Å². The Hall–Kier alpha value is -2.86. The molecule has 0 amide bonds. The maximum Gasteiger partial charge on any atom is 0.337 e. The van der Waals surface area contributed by atoms with Crippen molar-refractivity contribution in [1.29, 1.82) is 0 Å². The summed E-state index contributed by atoms with van der Waals surface area (Å²) in [7, 11) is 2.55. The predicted octanol–water partition coefficient (Wildman–Crippen LogP) is 2.39. The summed E-state index contributed by atoms with van der Waals surface area (Å²) in [6.45, 7) is 3.81. The molecule has 0 spiro atoms. The van der Waals surface area contributed by atoms with Gasteiger partial charge in [0.2, 0.25) is 0 Å². The molecule has 2 bridgehead atoms. The summed E-state index contributed by atoms with van der Waals surface area (Å²) in [5.74, 6) is -1.21. The van der Waals surface area contributed by atoms with Gasteiger partial charge in [0.1, 0.15) is 11.7 Å². The largest absolute Gasteiger partial charge is 0.466 e. The molecule has 136 valence electrons.